The Bertz CT molecular complexity index is 278. The van der Waals surface area contributed by atoms with E-state index in [0.717, 1.165) is 17.3 Å². The average Bonchev–Trinajstić information content (AvgIpc) is 2.95. The molecule has 3 unspecified atom stereocenters. The SMILES string of the molecule is CCC1CNC(CC)(CC)CN1C1CCC(SC)C1. The largest absolute Gasteiger partial charge is 0.308 e. The Morgan fingerprint density at radius 1 is 1.21 bits per heavy atom. The monoisotopic (exact) mass is 284 g/mol. The van der Waals surface area contributed by atoms with Crippen LogP contribution in [-0.2, 0) is 0 Å². The lowest BCUT2D eigenvalue weighted by molar-refractivity contribution is 0.0369. The van der Waals surface area contributed by atoms with Crippen LogP contribution < -0.4 is 5.32 Å². The minimum Gasteiger partial charge on any atom is -0.308 e. The molecule has 2 fully saturated rings. The zero-order chi connectivity index (χ0) is 13.9. The van der Waals surface area contributed by atoms with Crippen LogP contribution in [0.15, 0.2) is 0 Å². The third-order valence-electron chi connectivity index (χ3n) is 5.65. The van der Waals surface area contributed by atoms with Crippen LogP contribution in [0.25, 0.3) is 0 Å². The van der Waals surface area contributed by atoms with Gasteiger partial charge in [-0.3, -0.25) is 4.90 Å². The molecule has 2 aliphatic rings. The summed E-state index contributed by atoms with van der Waals surface area (Å²) in [5, 5.41) is 4.78. The van der Waals surface area contributed by atoms with E-state index in [-0.39, 0.29) is 0 Å². The number of hydrogen-bond donors (Lipinski definition) is 1. The molecule has 0 spiro atoms. The summed E-state index contributed by atoms with van der Waals surface area (Å²) < 4.78 is 0. The second-order valence-corrected chi connectivity index (χ2v) is 7.57. The summed E-state index contributed by atoms with van der Waals surface area (Å²) in [4.78, 5) is 2.87. The smallest absolute Gasteiger partial charge is 0.0304 e. The maximum Gasteiger partial charge on any atom is 0.0304 e. The van der Waals surface area contributed by atoms with Gasteiger partial charge < -0.3 is 5.32 Å². The van der Waals surface area contributed by atoms with Crippen molar-refractivity contribution in [2.24, 2.45) is 0 Å². The van der Waals surface area contributed by atoms with Crippen LogP contribution in [0.5, 0.6) is 0 Å². The zero-order valence-corrected chi connectivity index (χ0v) is 14.1. The zero-order valence-electron chi connectivity index (χ0n) is 13.2. The average molecular weight is 285 g/mol. The quantitative estimate of drug-likeness (QED) is 0.831. The van der Waals surface area contributed by atoms with Crippen LogP contribution in [0, 0.1) is 0 Å². The van der Waals surface area contributed by atoms with Crippen molar-refractivity contribution in [2.45, 2.75) is 82.2 Å². The van der Waals surface area contributed by atoms with Crippen molar-refractivity contribution in [2.75, 3.05) is 19.3 Å². The maximum absolute atomic E-state index is 3.86. The number of nitrogens with zero attached hydrogens (tertiary/aromatic N) is 1. The molecule has 3 atom stereocenters. The molecule has 0 bridgehead atoms. The fourth-order valence-electron chi connectivity index (χ4n) is 3.95. The molecule has 1 aliphatic heterocycles. The molecule has 0 amide bonds. The number of rotatable bonds is 5. The fourth-order valence-corrected chi connectivity index (χ4v) is 4.73. The molecule has 2 nitrogen and oxygen atoms in total. The van der Waals surface area contributed by atoms with Gasteiger partial charge in [0.05, 0.1) is 0 Å². The standard InChI is InChI=1S/C16H32N2S/c1-5-13-11-17-16(6-2,7-3)12-18(13)14-8-9-15(10-14)19-4/h13-15,17H,5-12H2,1-4H3. The minimum absolute atomic E-state index is 0.378. The summed E-state index contributed by atoms with van der Waals surface area (Å²) in [7, 11) is 0. The lowest BCUT2D eigenvalue weighted by Crippen LogP contribution is -2.65. The van der Waals surface area contributed by atoms with Gasteiger partial charge in [-0.25, -0.2) is 0 Å². The van der Waals surface area contributed by atoms with Crippen molar-refractivity contribution in [3.8, 4) is 0 Å². The first kappa shape index (κ1) is 15.7. The second kappa shape index (κ2) is 6.82. The lowest BCUT2D eigenvalue weighted by Gasteiger charge is -2.50. The molecular weight excluding hydrogens is 252 g/mol. The topological polar surface area (TPSA) is 15.3 Å². The van der Waals surface area contributed by atoms with Gasteiger partial charge in [-0.2, -0.15) is 11.8 Å². The summed E-state index contributed by atoms with van der Waals surface area (Å²) in [6.07, 6.45) is 10.4. The second-order valence-electron chi connectivity index (χ2n) is 6.43. The van der Waals surface area contributed by atoms with Gasteiger partial charge in [-0.1, -0.05) is 20.8 Å². The molecule has 3 heteroatoms. The summed E-state index contributed by atoms with van der Waals surface area (Å²) >= 11 is 2.08. The summed E-state index contributed by atoms with van der Waals surface area (Å²) in [5.41, 5.74) is 0.378. The predicted octanol–water partition coefficient (Wildman–Crippen LogP) is 3.51. The molecule has 1 aliphatic carbocycles. The molecule has 1 saturated carbocycles. The fraction of sp³-hybridized carbons (Fsp3) is 1.00. The number of piperazine rings is 1. The molecule has 112 valence electrons. The molecular formula is C16H32N2S. The van der Waals surface area contributed by atoms with E-state index in [0.29, 0.717) is 5.54 Å². The van der Waals surface area contributed by atoms with Crippen LogP contribution in [0.1, 0.15) is 59.3 Å². The van der Waals surface area contributed by atoms with Crippen LogP contribution in [-0.4, -0.2) is 47.1 Å². The van der Waals surface area contributed by atoms with E-state index in [1.54, 1.807) is 0 Å². The van der Waals surface area contributed by atoms with E-state index in [4.69, 9.17) is 0 Å². The van der Waals surface area contributed by atoms with Crippen molar-refractivity contribution in [3.05, 3.63) is 0 Å². The van der Waals surface area contributed by atoms with Gasteiger partial charge in [0.1, 0.15) is 0 Å². The third-order valence-corrected chi connectivity index (χ3v) is 6.75. The number of thioether (sulfide) groups is 1. The van der Waals surface area contributed by atoms with E-state index >= 15 is 0 Å². The van der Waals surface area contributed by atoms with E-state index in [1.165, 1.54) is 51.6 Å². The van der Waals surface area contributed by atoms with Crippen molar-refractivity contribution in [1.82, 2.24) is 10.2 Å². The maximum atomic E-state index is 3.86. The van der Waals surface area contributed by atoms with Gasteiger partial charge in [0.25, 0.3) is 0 Å². The van der Waals surface area contributed by atoms with E-state index < -0.39 is 0 Å². The number of nitrogens with one attached hydrogen (secondary N) is 1. The normalized spacial score (nSPS) is 35.7. The van der Waals surface area contributed by atoms with Crippen LogP contribution >= 0.6 is 11.8 Å². The van der Waals surface area contributed by atoms with E-state index in [1.807, 2.05) is 0 Å². The van der Waals surface area contributed by atoms with Gasteiger partial charge in [-0.15, -0.1) is 0 Å². The van der Waals surface area contributed by atoms with Gasteiger partial charge >= 0.3 is 0 Å². The summed E-state index contributed by atoms with van der Waals surface area (Å²) in [5.74, 6) is 0. The predicted molar refractivity (Wildman–Crippen MR) is 87.0 cm³/mol. The van der Waals surface area contributed by atoms with Crippen LogP contribution in [0.3, 0.4) is 0 Å². The third kappa shape index (κ3) is 3.30. The molecule has 1 heterocycles. The Labute approximate surface area is 124 Å². The molecule has 0 aromatic rings. The van der Waals surface area contributed by atoms with Crippen LogP contribution in [0.4, 0.5) is 0 Å². The Kier molecular flexibility index (Phi) is 5.62. The Morgan fingerprint density at radius 3 is 2.47 bits per heavy atom. The Balaban J connectivity index is 2.06. The van der Waals surface area contributed by atoms with Gasteiger partial charge in [0.15, 0.2) is 0 Å². The first-order valence-corrected chi connectivity index (χ1v) is 9.50. The van der Waals surface area contributed by atoms with Gasteiger partial charge in [0, 0.05) is 36.0 Å². The van der Waals surface area contributed by atoms with E-state index in [9.17, 15) is 0 Å². The van der Waals surface area contributed by atoms with Crippen LogP contribution in [0.2, 0.25) is 0 Å². The van der Waals surface area contributed by atoms with Gasteiger partial charge in [-0.05, 0) is 44.8 Å². The molecule has 1 saturated heterocycles. The number of hydrogen-bond acceptors (Lipinski definition) is 3. The Hall–Kier alpha value is 0.270. The van der Waals surface area contributed by atoms with Crippen molar-refractivity contribution in [1.29, 1.82) is 0 Å². The minimum atomic E-state index is 0.378. The Morgan fingerprint density at radius 2 is 1.95 bits per heavy atom. The molecule has 2 rings (SSSR count). The summed E-state index contributed by atoms with van der Waals surface area (Å²) in [6.45, 7) is 9.51. The van der Waals surface area contributed by atoms with Crippen molar-refractivity contribution in [3.63, 3.8) is 0 Å². The molecule has 19 heavy (non-hydrogen) atoms. The van der Waals surface area contributed by atoms with Gasteiger partial charge in [0.2, 0.25) is 0 Å². The summed E-state index contributed by atoms with van der Waals surface area (Å²) in [6, 6.07) is 1.61. The molecule has 0 aromatic heterocycles. The lowest BCUT2D eigenvalue weighted by atomic mass is 9.87. The molecule has 0 aromatic carbocycles. The van der Waals surface area contributed by atoms with Crippen molar-refractivity contribution >= 4 is 11.8 Å². The molecule has 1 N–H and O–H groups in total. The first-order valence-electron chi connectivity index (χ1n) is 8.21. The highest BCUT2D eigenvalue weighted by Crippen LogP contribution is 2.35. The highest BCUT2D eigenvalue weighted by atomic mass is 32.2. The van der Waals surface area contributed by atoms with Crippen molar-refractivity contribution < 1.29 is 0 Å². The van der Waals surface area contributed by atoms with E-state index in [2.05, 4.69) is 49.0 Å². The highest BCUT2D eigenvalue weighted by molar-refractivity contribution is 7.99. The molecule has 0 radical (unpaired) electrons. The first-order chi connectivity index (χ1) is 9.18. The highest BCUT2D eigenvalue weighted by Gasteiger charge is 2.40.